The highest BCUT2D eigenvalue weighted by molar-refractivity contribution is 8.18. The quantitative estimate of drug-likeness (QED) is 0.250. The van der Waals surface area contributed by atoms with Crippen LogP contribution in [0.1, 0.15) is 12.7 Å². The lowest BCUT2D eigenvalue weighted by Gasteiger charge is -2.12. The van der Waals surface area contributed by atoms with Crippen molar-refractivity contribution >= 4 is 57.8 Å². The fourth-order valence-electron chi connectivity index (χ4n) is 3.17. The van der Waals surface area contributed by atoms with E-state index in [4.69, 9.17) is 32.4 Å². The van der Waals surface area contributed by atoms with Crippen LogP contribution in [0.2, 0.25) is 10.0 Å². The number of furan rings is 1. The van der Waals surface area contributed by atoms with Gasteiger partial charge in [0.2, 0.25) is 0 Å². The molecule has 4 rings (SSSR count). The molecule has 0 radical (unpaired) electrons. The number of nitrogens with zero attached hydrogens (tertiary/aromatic N) is 2. The number of thioether (sulfide) groups is 1. The monoisotopic (exact) mass is 498 g/mol. The number of hydrogen-bond acceptors (Lipinski definition) is 5. The van der Waals surface area contributed by atoms with Gasteiger partial charge in [0.15, 0.2) is 5.17 Å². The van der Waals surface area contributed by atoms with Gasteiger partial charge in [0, 0.05) is 18.2 Å². The summed E-state index contributed by atoms with van der Waals surface area (Å²) < 4.78 is 11.4. The first-order chi connectivity index (χ1) is 16.0. The van der Waals surface area contributed by atoms with E-state index in [1.165, 1.54) is 11.8 Å². The molecule has 0 spiro atoms. The van der Waals surface area contributed by atoms with Crippen LogP contribution >= 0.6 is 35.0 Å². The zero-order valence-electron chi connectivity index (χ0n) is 17.8. The summed E-state index contributed by atoms with van der Waals surface area (Å²) in [6.07, 6.45) is 3.37. The van der Waals surface area contributed by atoms with Gasteiger partial charge >= 0.3 is 0 Å². The van der Waals surface area contributed by atoms with E-state index in [0.717, 1.165) is 11.4 Å². The van der Waals surface area contributed by atoms with Crippen molar-refractivity contribution in [2.24, 2.45) is 4.99 Å². The van der Waals surface area contributed by atoms with Gasteiger partial charge in [0.25, 0.3) is 5.91 Å². The maximum absolute atomic E-state index is 13.0. The van der Waals surface area contributed by atoms with E-state index >= 15 is 0 Å². The summed E-state index contributed by atoms with van der Waals surface area (Å²) in [5.41, 5.74) is 1.41. The van der Waals surface area contributed by atoms with Gasteiger partial charge in [-0.3, -0.25) is 9.69 Å². The zero-order chi connectivity index (χ0) is 23.4. The fraction of sp³-hybridized carbons (Fsp3) is 0.120. The van der Waals surface area contributed by atoms with Gasteiger partial charge in [0.05, 0.1) is 27.2 Å². The van der Waals surface area contributed by atoms with Crippen LogP contribution in [0, 0.1) is 0 Å². The van der Waals surface area contributed by atoms with Crippen LogP contribution in [0.4, 0.5) is 5.69 Å². The van der Waals surface area contributed by atoms with Crippen molar-refractivity contribution in [3.8, 4) is 17.1 Å². The topological polar surface area (TPSA) is 55.0 Å². The first-order valence-corrected chi connectivity index (χ1v) is 11.8. The second-order valence-corrected chi connectivity index (χ2v) is 8.73. The molecule has 0 unspecified atom stereocenters. The number of halogens is 2. The van der Waals surface area contributed by atoms with E-state index in [9.17, 15) is 4.79 Å². The molecule has 1 aromatic heterocycles. The number of carbonyl (C=O) groups excluding carboxylic acids is 1. The Kier molecular flexibility index (Phi) is 7.28. The molecule has 1 saturated heterocycles. The van der Waals surface area contributed by atoms with Crippen LogP contribution in [-0.2, 0) is 4.79 Å². The highest BCUT2D eigenvalue weighted by atomic mass is 35.5. The Bertz CT molecular complexity index is 1250. The van der Waals surface area contributed by atoms with Crippen LogP contribution in [-0.4, -0.2) is 29.1 Å². The molecular weight excluding hydrogens is 479 g/mol. The van der Waals surface area contributed by atoms with Gasteiger partial charge in [-0.05, 0) is 67.2 Å². The summed E-state index contributed by atoms with van der Waals surface area (Å²) in [6, 6.07) is 16.3. The normalized spacial score (nSPS) is 16.1. The summed E-state index contributed by atoms with van der Waals surface area (Å²) >= 11 is 13.7. The van der Waals surface area contributed by atoms with E-state index in [1.54, 1.807) is 41.3 Å². The molecule has 2 aromatic carbocycles. The van der Waals surface area contributed by atoms with Crippen LogP contribution in [0.5, 0.6) is 5.75 Å². The summed E-state index contributed by atoms with van der Waals surface area (Å²) in [5.74, 6) is 1.70. The SMILES string of the molecule is C=CCN1C(=O)/C(=C/c2ccc(-c3cccc(Cl)c3Cl)o2)SC1=Nc1ccc(OCC)cc1. The maximum Gasteiger partial charge on any atom is 0.267 e. The van der Waals surface area contributed by atoms with Gasteiger partial charge in [-0.1, -0.05) is 35.3 Å². The first kappa shape index (κ1) is 23.2. The molecule has 8 heteroatoms. The van der Waals surface area contributed by atoms with Gasteiger partial charge in [0.1, 0.15) is 17.3 Å². The van der Waals surface area contributed by atoms with Crippen molar-refractivity contribution < 1.29 is 13.9 Å². The van der Waals surface area contributed by atoms with Crippen LogP contribution in [0.25, 0.3) is 17.4 Å². The molecule has 1 amide bonds. The lowest BCUT2D eigenvalue weighted by atomic mass is 10.2. The molecule has 1 fully saturated rings. The molecule has 33 heavy (non-hydrogen) atoms. The first-order valence-electron chi connectivity index (χ1n) is 10.2. The molecule has 0 atom stereocenters. The highest BCUT2D eigenvalue weighted by Crippen LogP contribution is 2.37. The number of amides is 1. The Hall–Kier alpha value is -2.93. The second-order valence-electron chi connectivity index (χ2n) is 6.94. The van der Waals surface area contributed by atoms with E-state index in [0.29, 0.717) is 50.4 Å². The van der Waals surface area contributed by atoms with E-state index in [2.05, 4.69) is 11.6 Å². The van der Waals surface area contributed by atoms with Crippen molar-refractivity contribution in [1.29, 1.82) is 0 Å². The number of amidine groups is 1. The Morgan fingerprint density at radius 3 is 2.67 bits per heavy atom. The minimum absolute atomic E-state index is 0.164. The largest absolute Gasteiger partial charge is 0.494 e. The summed E-state index contributed by atoms with van der Waals surface area (Å²) in [7, 11) is 0. The molecule has 1 aliphatic heterocycles. The van der Waals surface area contributed by atoms with Crippen molar-refractivity contribution in [1.82, 2.24) is 4.90 Å². The number of hydrogen-bond donors (Lipinski definition) is 0. The Morgan fingerprint density at radius 2 is 1.94 bits per heavy atom. The predicted molar refractivity (Wildman–Crippen MR) is 136 cm³/mol. The maximum atomic E-state index is 13.0. The number of ether oxygens (including phenoxy) is 1. The lowest BCUT2D eigenvalue weighted by Crippen LogP contribution is -2.29. The van der Waals surface area contributed by atoms with Crippen LogP contribution in [0.3, 0.4) is 0 Å². The van der Waals surface area contributed by atoms with Crippen molar-refractivity contribution in [2.75, 3.05) is 13.2 Å². The average molecular weight is 499 g/mol. The third-order valence-electron chi connectivity index (χ3n) is 4.69. The standard InChI is InChI=1S/C25H20Cl2N2O3S/c1-3-14-29-24(30)22(33-25(29)28-16-8-10-17(11-9-16)31-4-2)15-18-12-13-21(32-18)19-6-5-7-20(26)23(19)27/h3,5-13,15H,1,4,14H2,2H3/b22-15-,28-25?. The summed E-state index contributed by atoms with van der Waals surface area (Å²) in [5, 5.41) is 1.43. The molecule has 3 aromatic rings. The number of benzene rings is 2. The van der Waals surface area contributed by atoms with Crippen molar-refractivity contribution in [3.05, 3.63) is 88.0 Å². The number of carbonyl (C=O) groups is 1. The zero-order valence-corrected chi connectivity index (χ0v) is 20.1. The minimum Gasteiger partial charge on any atom is -0.494 e. The molecule has 1 aliphatic rings. The third kappa shape index (κ3) is 5.19. The average Bonchev–Trinajstić information content (AvgIpc) is 3.38. The van der Waals surface area contributed by atoms with Crippen molar-refractivity contribution in [2.45, 2.75) is 6.92 Å². The molecule has 0 N–H and O–H groups in total. The van der Waals surface area contributed by atoms with Gasteiger partial charge in [-0.2, -0.15) is 0 Å². The van der Waals surface area contributed by atoms with Crippen LogP contribution < -0.4 is 4.74 Å². The third-order valence-corrected chi connectivity index (χ3v) is 6.51. The summed E-state index contributed by atoms with van der Waals surface area (Å²) in [6.45, 7) is 6.63. The van der Waals surface area contributed by atoms with Crippen LogP contribution in [0.15, 0.2) is 81.6 Å². The second kappa shape index (κ2) is 10.3. The van der Waals surface area contributed by atoms with Crippen molar-refractivity contribution in [3.63, 3.8) is 0 Å². The lowest BCUT2D eigenvalue weighted by molar-refractivity contribution is -0.121. The Morgan fingerprint density at radius 1 is 1.15 bits per heavy atom. The van der Waals surface area contributed by atoms with Gasteiger partial charge < -0.3 is 9.15 Å². The number of aliphatic imine (C=N–C) groups is 1. The molecule has 0 aliphatic carbocycles. The molecule has 0 bridgehead atoms. The molecule has 5 nitrogen and oxygen atoms in total. The highest BCUT2D eigenvalue weighted by Gasteiger charge is 2.33. The van der Waals surface area contributed by atoms with E-state index in [-0.39, 0.29) is 5.91 Å². The minimum atomic E-state index is -0.164. The summed E-state index contributed by atoms with van der Waals surface area (Å²) in [4.78, 5) is 19.8. The smallest absolute Gasteiger partial charge is 0.267 e. The van der Waals surface area contributed by atoms with E-state index < -0.39 is 0 Å². The Balaban J connectivity index is 1.61. The molecule has 168 valence electrons. The fourth-order valence-corrected chi connectivity index (χ4v) is 4.56. The predicted octanol–water partition coefficient (Wildman–Crippen LogP) is 7.44. The number of rotatable bonds is 7. The Labute approximate surface area is 206 Å². The van der Waals surface area contributed by atoms with E-state index in [1.807, 2.05) is 37.3 Å². The molecular formula is C25H20Cl2N2O3S. The van der Waals surface area contributed by atoms with Gasteiger partial charge in [-0.25, -0.2) is 4.99 Å². The molecule has 0 saturated carbocycles. The van der Waals surface area contributed by atoms with Gasteiger partial charge in [-0.15, -0.1) is 6.58 Å². The molecule has 2 heterocycles.